The highest BCUT2D eigenvalue weighted by Gasteiger charge is 2.65. The van der Waals surface area contributed by atoms with Crippen LogP contribution in [0, 0.1) is 19.3 Å². The summed E-state index contributed by atoms with van der Waals surface area (Å²) < 4.78 is 22.6. The minimum atomic E-state index is -1.85. The molecule has 2 aromatic heterocycles. The van der Waals surface area contributed by atoms with Crippen molar-refractivity contribution in [3.05, 3.63) is 11.5 Å². The molecular formula is C16H20FN5O3. The summed E-state index contributed by atoms with van der Waals surface area (Å²) in [4.78, 5) is 22.6. The first-order valence-electron chi connectivity index (χ1n) is 8.20. The molecule has 2 saturated heterocycles. The normalized spacial score (nSPS) is 29.2. The van der Waals surface area contributed by atoms with Crippen molar-refractivity contribution in [3.8, 4) is 0 Å². The van der Waals surface area contributed by atoms with Crippen LogP contribution in [0.5, 0.6) is 0 Å². The molecular weight excluding hydrogens is 329 g/mol. The van der Waals surface area contributed by atoms with Gasteiger partial charge in [-0.2, -0.15) is 5.10 Å². The van der Waals surface area contributed by atoms with Gasteiger partial charge in [-0.1, -0.05) is 0 Å². The van der Waals surface area contributed by atoms with E-state index in [1.54, 1.807) is 23.6 Å². The Balaban J connectivity index is 1.87. The number of aliphatic carboxylic acids is 1. The largest absolute Gasteiger partial charge is 0.481 e. The molecule has 134 valence electrons. The van der Waals surface area contributed by atoms with Gasteiger partial charge in [0.25, 0.3) is 0 Å². The van der Waals surface area contributed by atoms with Crippen LogP contribution < -0.4 is 4.90 Å². The number of alkyl halides is 1. The van der Waals surface area contributed by atoms with Crippen molar-refractivity contribution in [1.29, 1.82) is 0 Å². The fourth-order valence-electron chi connectivity index (χ4n) is 4.07. The van der Waals surface area contributed by atoms with E-state index >= 15 is 4.39 Å². The molecule has 0 aliphatic carbocycles. The number of nitrogens with zero attached hydrogens (tertiary/aromatic N) is 5. The maximum absolute atomic E-state index is 15.6. The van der Waals surface area contributed by atoms with E-state index in [1.165, 1.54) is 0 Å². The lowest BCUT2D eigenvalue weighted by Crippen LogP contribution is -2.56. The number of rotatable bonds is 2. The van der Waals surface area contributed by atoms with Crippen LogP contribution in [0.4, 0.5) is 10.2 Å². The molecule has 25 heavy (non-hydrogen) atoms. The lowest BCUT2D eigenvalue weighted by Gasteiger charge is -2.38. The van der Waals surface area contributed by atoms with Crippen molar-refractivity contribution in [2.45, 2.75) is 25.9 Å². The third-order valence-electron chi connectivity index (χ3n) is 5.40. The third-order valence-corrected chi connectivity index (χ3v) is 5.40. The maximum atomic E-state index is 15.6. The summed E-state index contributed by atoms with van der Waals surface area (Å²) in [6.45, 7) is 3.69. The van der Waals surface area contributed by atoms with Gasteiger partial charge in [0.1, 0.15) is 22.3 Å². The average Bonchev–Trinajstić information content (AvgIpc) is 3.01. The van der Waals surface area contributed by atoms with E-state index in [0.29, 0.717) is 22.7 Å². The van der Waals surface area contributed by atoms with Crippen LogP contribution in [0.1, 0.15) is 17.9 Å². The van der Waals surface area contributed by atoms with Crippen LogP contribution in [-0.4, -0.2) is 62.8 Å². The molecule has 4 rings (SSSR count). The molecule has 2 aliphatic rings. The van der Waals surface area contributed by atoms with Crippen molar-refractivity contribution >= 4 is 22.8 Å². The van der Waals surface area contributed by atoms with Gasteiger partial charge in [0, 0.05) is 26.6 Å². The highest BCUT2D eigenvalue weighted by Crippen LogP contribution is 2.49. The smallest absolute Gasteiger partial charge is 0.317 e. The lowest BCUT2D eigenvalue weighted by atomic mass is 9.73. The molecule has 0 bridgehead atoms. The molecule has 1 N–H and O–H groups in total. The minimum absolute atomic E-state index is 0.00855. The van der Waals surface area contributed by atoms with Crippen LogP contribution in [0.15, 0.2) is 0 Å². The predicted octanol–water partition coefficient (Wildman–Crippen LogP) is 1.000. The number of fused-ring (bicyclic) bond motifs is 2. The van der Waals surface area contributed by atoms with E-state index in [1.807, 2.05) is 6.92 Å². The Labute approximate surface area is 143 Å². The molecule has 2 aromatic rings. The van der Waals surface area contributed by atoms with Crippen LogP contribution in [0.3, 0.4) is 0 Å². The molecule has 0 unspecified atom stereocenters. The molecule has 2 fully saturated rings. The van der Waals surface area contributed by atoms with Crippen LogP contribution in [-0.2, 0) is 16.6 Å². The molecule has 9 heteroatoms. The van der Waals surface area contributed by atoms with E-state index < -0.39 is 17.1 Å². The van der Waals surface area contributed by atoms with Crippen molar-refractivity contribution in [2.24, 2.45) is 12.5 Å². The third kappa shape index (κ3) is 2.08. The van der Waals surface area contributed by atoms with E-state index in [2.05, 4.69) is 15.1 Å². The Morgan fingerprint density at radius 3 is 2.76 bits per heavy atom. The standard InChI is InChI=1S/C16H20FN5O3/c1-9-11-12(21(3)20-9)13(19-10(2)18-11)22-6-15(14(23)24)8-25-5-4-16(15,17)7-22/h4-8H2,1-3H3,(H,23,24)/t15-,16+/m1/s1. The van der Waals surface area contributed by atoms with E-state index in [4.69, 9.17) is 4.74 Å². The molecule has 0 aromatic carbocycles. The zero-order valence-corrected chi connectivity index (χ0v) is 14.4. The molecule has 8 nitrogen and oxygen atoms in total. The summed E-state index contributed by atoms with van der Waals surface area (Å²) in [5, 5.41) is 14.1. The highest BCUT2D eigenvalue weighted by atomic mass is 19.1. The van der Waals surface area contributed by atoms with Gasteiger partial charge in [0.2, 0.25) is 0 Å². The summed E-state index contributed by atoms with van der Waals surface area (Å²) >= 11 is 0. The predicted molar refractivity (Wildman–Crippen MR) is 87.3 cm³/mol. The Bertz CT molecular complexity index is 884. The summed E-state index contributed by atoms with van der Waals surface area (Å²) in [6, 6.07) is 0. The number of halogens is 1. The minimum Gasteiger partial charge on any atom is -0.481 e. The maximum Gasteiger partial charge on any atom is 0.317 e. The summed E-state index contributed by atoms with van der Waals surface area (Å²) in [6.07, 6.45) is 0.0629. The number of carboxylic acids is 1. The fourth-order valence-corrected chi connectivity index (χ4v) is 4.07. The van der Waals surface area contributed by atoms with Crippen molar-refractivity contribution in [1.82, 2.24) is 19.7 Å². The van der Waals surface area contributed by atoms with Crippen molar-refractivity contribution in [3.63, 3.8) is 0 Å². The van der Waals surface area contributed by atoms with E-state index in [-0.39, 0.29) is 32.7 Å². The second-order valence-electron chi connectivity index (χ2n) is 7.01. The molecule has 0 saturated carbocycles. The topological polar surface area (TPSA) is 93.4 Å². The summed E-state index contributed by atoms with van der Waals surface area (Å²) in [7, 11) is 1.78. The van der Waals surface area contributed by atoms with Crippen LogP contribution in [0.2, 0.25) is 0 Å². The van der Waals surface area contributed by atoms with Gasteiger partial charge < -0.3 is 14.7 Å². The van der Waals surface area contributed by atoms with Gasteiger partial charge in [-0.25, -0.2) is 14.4 Å². The SMILES string of the molecule is Cc1nc(N2C[C@@]3(F)CCOC[C@@]3(C(=O)O)C2)c2c(n1)c(C)nn2C. The van der Waals surface area contributed by atoms with Crippen LogP contribution >= 0.6 is 0 Å². The number of aromatic nitrogens is 4. The zero-order valence-electron chi connectivity index (χ0n) is 14.4. The summed E-state index contributed by atoms with van der Waals surface area (Å²) in [5.41, 5.74) is -1.28. The number of carboxylic acid groups (broad SMARTS) is 1. The monoisotopic (exact) mass is 349 g/mol. The van der Waals surface area contributed by atoms with Crippen LogP contribution in [0.25, 0.3) is 11.0 Å². The molecule has 4 heterocycles. The zero-order chi connectivity index (χ0) is 18.0. The molecule has 2 atom stereocenters. The van der Waals surface area contributed by atoms with Gasteiger partial charge in [-0.15, -0.1) is 0 Å². The highest BCUT2D eigenvalue weighted by molar-refractivity contribution is 5.89. The van der Waals surface area contributed by atoms with Gasteiger partial charge >= 0.3 is 5.97 Å². The Hall–Kier alpha value is -2.29. The van der Waals surface area contributed by atoms with E-state index in [0.717, 1.165) is 5.69 Å². The number of carbonyl (C=O) groups is 1. The second kappa shape index (κ2) is 5.10. The van der Waals surface area contributed by atoms with Gasteiger partial charge in [0.05, 0.1) is 18.8 Å². The van der Waals surface area contributed by atoms with Gasteiger partial charge in [-0.3, -0.25) is 9.48 Å². The van der Waals surface area contributed by atoms with E-state index in [9.17, 15) is 9.90 Å². The molecule has 0 radical (unpaired) electrons. The fraction of sp³-hybridized carbons (Fsp3) is 0.625. The lowest BCUT2D eigenvalue weighted by molar-refractivity contribution is -0.171. The first-order chi connectivity index (χ1) is 11.8. The Morgan fingerprint density at radius 2 is 2.08 bits per heavy atom. The Morgan fingerprint density at radius 1 is 1.32 bits per heavy atom. The molecule has 2 aliphatic heterocycles. The van der Waals surface area contributed by atoms with Crippen molar-refractivity contribution in [2.75, 3.05) is 31.2 Å². The number of hydrogen-bond acceptors (Lipinski definition) is 6. The molecule has 0 spiro atoms. The first kappa shape index (κ1) is 16.2. The van der Waals surface area contributed by atoms with Gasteiger partial charge in [0.15, 0.2) is 11.5 Å². The van der Waals surface area contributed by atoms with Crippen molar-refractivity contribution < 1.29 is 19.0 Å². The molecule has 0 amide bonds. The Kier molecular flexibility index (Phi) is 3.31. The average molecular weight is 349 g/mol. The number of aryl methyl sites for hydroxylation is 3. The number of anilines is 1. The number of hydrogen-bond donors (Lipinski definition) is 1. The number of ether oxygens (including phenoxy) is 1. The second-order valence-corrected chi connectivity index (χ2v) is 7.01. The quantitative estimate of drug-likeness (QED) is 0.864. The first-order valence-corrected chi connectivity index (χ1v) is 8.20. The van der Waals surface area contributed by atoms with Gasteiger partial charge in [-0.05, 0) is 13.8 Å². The summed E-state index contributed by atoms with van der Waals surface area (Å²) in [5.74, 6) is -0.0972.